The molecule has 200 valence electrons. The number of rotatable bonds is 12. The largest absolute Gasteiger partial charge is 0.490 e. The number of nitrogens with zero attached hydrogens (tertiary/aromatic N) is 1. The van der Waals surface area contributed by atoms with Crippen LogP contribution < -0.4 is 25.8 Å². The van der Waals surface area contributed by atoms with Gasteiger partial charge in [-0.15, -0.1) is 0 Å². The second-order valence-corrected chi connectivity index (χ2v) is 7.66. The van der Waals surface area contributed by atoms with E-state index in [0.29, 0.717) is 16.9 Å². The number of carbonyl (C=O) groups is 2. The van der Waals surface area contributed by atoms with Gasteiger partial charge in [-0.25, -0.2) is 14.0 Å². The predicted octanol–water partition coefficient (Wildman–Crippen LogP) is 3.70. The van der Waals surface area contributed by atoms with E-state index in [1.54, 1.807) is 37.3 Å². The molecule has 6 N–H and O–H groups in total. The molecule has 0 aromatic heterocycles. The molecule has 3 aromatic rings. The lowest BCUT2D eigenvalue weighted by atomic mass is 10.0. The highest BCUT2D eigenvalue weighted by molar-refractivity contribution is 5.98. The van der Waals surface area contributed by atoms with Crippen LogP contribution in [-0.2, 0) is 9.63 Å². The topological polar surface area (TPSA) is 165 Å². The number of nitrogens with two attached hydrogens (primary N) is 1. The van der Waals surface area contributed by atoms with Crippen LogP contribution in [-0.4, -0.2) is 47.9 Å². The average molecular weight is 527 g/mol. The number of aliphatic hydroxyl groups is 1. The molecule has 11 nitrogen and oxygen atoms in total. The Kier molecular flexibility index (Phi) is 9.83. The molecule has 0 aliphatic heterocycles. The van der Waals surface area contributed by atoms with Crippen LogP contribution in [0, 0.1) is 5.82 Å². The number of carbonyl (C=O) groups excluding carboxylic acids is 1. The molecule has 0 fully saturated rings. The summed E-state index contributed by atoms with van der Waals surface area (Å²) in [6.07, 6.45) is -0.831. The monoisotopic (exact) mass is 526 g/mol. The Hall–Kier alpha value is -4.84. The van der Waals surface area contributed by atoms with E-state index in [1.165, 1.54) is 30.3 Å². The number of hydrogen-bond acceptors (Lipinski definition) is 8. The number of aliphatic carboxylic acids is 1. The fourth-order valence-electron chi connectivity index (χ4n) is 3.29. The molecule has 0 heterocycles. The molecule has 12 heteroatoms. The number of ether oxygens (including phenoxy) is 2. The van der Waals surface area contributed by atoms with E-state index < -0.39 is 23.9 Å². The van der Waals surface area contributed by atoms with E-state index in [9.17, 15) is 19.1 Å². The van der Waals surface area contributed by atoms with E-state index in [-0.39, 0.29) is 42.7 Å². The molecule has 0 aliphatic carbocycles. The molecule has 0 saturated carbocycles. The van der Waals surface area contributed by atoms with Crippen LogP contribution in [0.1, 0.15) is 24.1 Å². The molecular formula is C26H27FN4O7. The Morgan fingerprint density at radius 3 is 2.34 bits per heavy atom. The summed E-state index contributed by atoms with van der Waals surface area (Å²) in [7, 11) is 0. The standard InChI is InChI=1S/C26H27FN4O7/c1-2-36-21-14-19(20(27)15-22(21)37-13-12-32)23(25(33)34)29-18-10-8-16(9-11-18)24(28)31-38-26(35)30-17-6-4-3-5-7-17/h3-11,14-15,23,29,32H,2,12-13H2,1H3,(H2,28,31)(H,30,35)(H,33,34). The maximum absolute atomic E-state index is 14.9. The smallest absolute Gasteiger partial charge is 0.437 e. The van der Waals surface area contributed by atoms with Gasteiger partial charge in [0.2, 0.25) is 0 Å². The number of amidine groups is 1. The van der Waals surface area contributed by atoms with Crippen LogP contribution in [0.15, 0.2) is 71.9 Å². The Morgan fingerprint density at radius 1 is 1.03 bits per heavy atom. The van der Waals surface area contributed by atoms with Crippen molar-refractivity contribution in [3.8, 4) is 11.5 Å². The first-order valence-electron chi connectivity index (χ1n) is 11.5. The molecule has 0 radical (unpaired) electrons. The number of aliphatic hydroxyl groups excluding tert-OH is 1. The van der Waals surface area contributed by atoms with Crippen molar-refractivity contribution in [1.29, 1.82) is 0 Å². The van der Waals surface area contributed by atoms with Gasteiger partial charge in [0, 0.05) is 28.6 Å². The third kappa shape index (κ3) is 7.58. The van der Waals surface area contributed by atoms with Gasteiger partial charge in [0.15, 0.2) is 23.4 Å². The SMILES string of the molecule is CCOc1cc(C(Nc2ccc(/C(N)=N\OC(=O)Nc3ccccc3)cc2)C(=O)O)c(F)cc1OCCO. The third-order valence-electron chi connectivity index (χ3n) is 5.01. The molecule has 1 atom stereocenters. The van der Waals surface area contributed by atoms with Gasteiger partial charge in [-0.1, -0.05) is 23.4 Å². The maximum atomic E-state index is 14.9. The predicted molar refractivity (Wildman–Crippen MR) is 138 cm³/mol. The summed E-state index contributed by atoms with van der Waals surface area (Å²) in [6.45, 7) is 1.57. The number of para-hydroxylation sites is 1. The van der Waals surface area contributed by atoms with Crippen molar-refractivity contribution in [1.82, 2.24) is 0 Å². The average Bonchev–Trinajstić information content (AvgIpc) is 2.91. The Bertz CT molecular complexity index is 1270. The van der Waals surface area contributed by atoms with Crippen LogP contribution in [0.4, 0.5) is 20.6 Å². The number of halogens is 1. The van der Waals surface area contributed by atoms with Crippen molar-refractivity contribution in [2.45, 2.75) is 13.0 Å². The maximum Gasteiger partial charge on any atom is 0.437 e. The summed E-state index contributed by atoms with van der Waals surface area (Å²) >= 11 is 0. The molecule has 1 unspecified atom stereocenters. The van der Waals surface area contributed by atoms with Crippen molar-refractivity contribution in [2.24, 2.45) is 10.9 Å². The van der Waals surface area contributed by atoms with Gasteiger partial charge in [0.05, 0.1) is 13.2 Å². The second kappa shape index (κ2) is 13.5. The van der Waals surface area contributed by atoms with Gasteiger partial charge in [0.25, 0.3) is 0 Å². The van der Waals surface area contributed by atoms with Crippen LogP contribution in [0.2, 0.25) is 0 Å². The molecule has 1 amide bonds. The molecule has 3 aromatic carbocycles. The van der Waals surface area contributed by atoms with E-state index in [1.807, 2.05) is 0 Å². The molecular weight excluding hydrogens is 499 g/mol. The minimum Gasteiger partial charge on any atom is -0.490 e. The molecule has 0 saturated heterocycles. The number of benzene rings is 3. The zero-order valence-corrected chi connectivity index (χ0v) is 20.4. The summed E-state index contributed by atoms with van der Waals surface area (Å²) in [5.41, 5.74) is 6.96. The minimum absolute atomic E-state index is 0.0464. The highest BCUT2D eigenvalue weighted by Crippen LogP contribution is 2.34. The lowest BCUT2D eigenvalue weighted by Crippen LogP contribution is -2.22. The van der Waals surface area contributed by atoms with Crippen LogP contribution in [0.3, 0.4) is 0 Å². The fourth-order valence-corrected chi connectivity index (χ4v) is 3.29. The quantitative estimate of drug-likeness (QED) is 0.102. The molecule has 0 spiro atoms. The Labute approximate surface area is 217 Å². The zero-order valence-electron chi connectivity index (χ0n) is 20.4. The Morgan fingerprint density at radius 2 is 1.71 bits per heavy atom. The number of hydrogen-bond donors (Lipinski definition) is 5. The lowest BCUT2D eigenvalue weighted by Gasteiger charge is -2.20. The number of nitrogens with one attached hydrogen (secondary N) is 2. The summed E-state index contributed by atoms with van der Waals surface area (Å²) < 4.78 is 25.6. The Balaban J connectivity index is 1.72. The van der Waals surface area contributed by atoms with Crippen molar-refractivity contribution in [2.75, 3.05) is 30.5 Å². The van der Waals surface area contributed by atoms with Crippen molar-refractivity contribution in [3.63, 3.8) is 0 Å². The number of oxime groups is 1. The van der Waals surface area contributed by atoms with Crippen LogP contribution >= 0.6 is 0 Å². The number of carboxylic acids is 1. The van der Waals surface area contributed by atoms with E-state index >= 15 is 0 Å². The van der Waals surface area contributed by atoms with Crippen molar-refractivity contribution < 1.29 is 38.5 Å². The molecule has 38 heavy (non-hydrogen) atoms. The normalized spacial score (nSPS) is 11.8. The van der Waals surface area contributed by atoms with Crippen molar-refractivity contribution >= 4 is 29.3 Å². The van der Waals surface area contributed by atoms with E-state index in [2.05, 4.69) is 15.8 Å². The zero-order chi connectivity index (χ0) is 27.5. The first-order chi connectivity index (χ1) is 18.3. The lowest BCUT2D eigenvalue weighted by molar-refractivity contribution is -0.138. The van der Waals surface area contributed by atoms with Gasteiger partial charge in [-0.3, -0.25) is 10.2 Å². The first-order valence-corrected chi connectivity index (χ1v) is 11.5. The van der Waals surface area contributed by atoms with Gasteiger partial charge < -0.3 is 30.7 Å². The highest BCUT2D eigenvalue weighted by Gasteiger charge is 2.26. The van der Waals surface area contributed by atoms with Crippen molar-refractivity contribution in [3.05, 3.63) is 83.7 Å². The minimum atomic E-state index is -1.47. The van der Waals surface area contributed by atoms with E-state index in [0.717, 1.165) is 6.07 Å². The van der Waals surface area contributed by atoms with Gasteiger partial charge in [-0.05, 0) is 49.4 Å². The first kappa shape index (κ1) is 27.7. The summed E-state index contributed by atoms with van der Waals surface area (Å²) in [5, 5.41) is 27.6. The summed E-state index contributed by atoms with van der Waals surface area (Å²) in [5.74, 6) is -2.08. The van der Waals surface area contributed by atoms with Crippen LogP contribution in [0.5, 0.6) is 11.5 Å². The van der Waals surface area contributed by atoms with E-state index in [4.69, 9.17) is 25.2 Å². The van der Waals surface area contributed by atoms with Crippen LogP contribution in [0.25, 0.3) is 0 Å². The number of amides is 1. The van der Waals surface area contributed by atoms with Gasteiger partial charge in [0.1, 0.15) is 12.4 Å². The summed E-state index contributed by atoms with van der Waals surface area (Å²) in [6, 6.07) is 15.5. The molecule has 0 aliphatic rings. The molecule has 3 rings (SSSR count). The molecule has 0 bridgehead atoms. The number of carboxylic acid groups (broad SMARTS) is 1. The second-order valence-electron chi connectivity index (χ2n) is 7.66. The summed E-state index contributed by atoms with van der Waals surface area (Å²) in [4.78, 5) is 28.6. The highest BCUT2D eigenvalue weighted by atomic mass is 19.1. The van der Waals surface area contributed by atoms with Gasteiger partial charge in [-0.2, -0.15) is 0 Å². The number of anilines is 2. The fraction of sp³-hybridized carbons (Fsp3) is 0.192. The third-order valence-corrected chi connectivity index (χ3v) is 5.01. The van der Waals surface area contributed by atoms with Gasteiger partial charge >= 0.3 is 12.1 Å².